The van der Waals surface area contributed by atoms with Gasteiger partial charge < -0.3 is 4.74 Å². The number of hydrogen-bond donors (Lipinski definition) is 0. The van der Waals surface area contributed by atoms with Crippen molar-refractivity contribution in [1.29, 1.82) is 0 Å². The molecule has 0 unspecified atom stereocenters. The van der Waals surface area contributed by atoms with Gasteiger partial charge in [0.05, 0.1) is 6.61 Å². The molecule has 13 heavy (non-hydrogen) atoms. The number of benzene rings is 1. The van der Waals surface area contributed by atoms with Crippen molar-refractivity contribution in [1.82, 2.24) is 0 Å². The van der Waals surface area contributed by atoms with Crippen LogP contribution in [0.1, 0.15) is 22.8 Å². The molecule has 0 spiro atoms. The van der Waals surface area contributed by atoms with Gasteiger partial charge in [0, 0.05) is 0 Å². The maximum Gasteiger partial charge on any atom is 0.143 e. The first kappa shape index (κ1) is 8.34. The summed E-state index contributed by atoms with van der Waals surface area (Å²) in [6, 6.07) is 6.29. The molecule has 66 valence electrons. The molecular formula is C12H12O. The van der Waals surface area contributed by atoms with E-state index in [1.165, 1.54) is 16.7 Å². The molecule has 0 amide bonds. The second-order valence-electron chi connectivity index (χ2n) is 3.32. The standard InChI is InChI=1S/C12H12O/c1-3-11-12-9(2)5-4-6-10(12)7-8-13-11/h1,4-6,11H,7-8H2,2H3/t11-/m1/s1. The van der Waals surface area contributed by atoms with Gasteiger partial charge in [0.25, 0.3) is 0 Å². The number of ether oxygens (including phenoxy) is 1. The smallest absolute Gasteiger partial charge is 0.143 e. The summed E-state index contributed by atoms with van der Waals surface area (Å²) in [6.07, 6.45) is 6.26. The fourth-order valence-electron chi connectivity index (χ4n) is 1.84. The topological polar surface area (TPSA) is 9.23 Å². The molecule has 1 nitrogen and oxygen atoms in total. The quantitative estimate of drug-likeness (QED) is 0.545. The van der Waals surface area contributed by atoms with Crippen LogP contribution in [0.25, 0.3) is 0 Å². The number of fused-ring (bicyclic) bond motifs is 1. The summed E-state index contributed by atoms with van der Waals surface area (Å²) in [4.78, 5) is 0. The predicted molar refractivity (Wildman–Crippen MR) is 52.4 cm³/mol. The molecule has 0 saturated carbocycles. The van der Waals surface area contributed by atoms with E-state index in [0.717, 1.165) is 13.0 Å². The van der Waals surface area contributed by atoms with Crippen molar-refractivity contribution >= 4 is 0 Å². The monoisotopic (exact) mass is 172 g/mol. The maximum absolute atomic E-state index is 5.50. The average molecular weight is 172 g/mol. The van der Waals surface area contributed by atoms with Gasteiger partial charge in [-0.2, -0.15) is 0 Å². The van der Waals surface area contributed by atoms with Crippen molar-refractivity contribution in [3.8, 4) is 12.3 Å². The zero-order valence-electron chi connectivity index (χ0n) is 7.71. The van der Waals surface area contributed by atoms with Crippen LogP contribution < -0.4 is 0 Å². The van der Waals surface area contributed by atoms with Crippen LogP contribution in [-0.4, -0.2) is 6.61 Å². The van der Waals surface area contributed by atoms with Crippen LogP contribution in [-0.2, 0) is 11.2 Å². The molecule has 0 N–H and O–H groups in total. The lowest BCUT2D eigenvalue weighted by atomic mass is 9.94. The molecule has 1 aromatic rings. The Hall–Kier alpha value is -1.26. The highest BCUT2D eigenvalue weighted by atomic mass is 16.5. The Labute approximate surface area is 78.7 Å². The highest BCUT2D eigenvalue weighted by Gasteiger charge is 2.19. The lowest BCUT2D eigenvalue weighted by molar-refractivity contribution is 0.0810. The molecule has 1 heterocycles. The second kappa shape index (κ2) is 3.24. The third-order valence-corrected chi connectivity index (χ3v) is 2.48. The average Bonchev–Trinajstić information content (AvgIpc) is 2.17. The minimum absolute atomic E-state index is 0.134. The van der Waals surface area contributed by atoms with Gasteiger partial charge in [0.15, 0.2) is 0 Å². The molecule has 2 rings (SSSR count). The molecule has 0 aromatic heterocycles. The van der Waals surface area contributed by atoms with Crippen molar-refractivity contribution in [2.24, 2.45) is 0 Å². The van der Waals surface area contributed by atoms with Crippen molar-refractivity contribution in [2.45, 2.75) is 19.4 Å². The molecule has 0 fully saturated rings. The molecule has 1 heteroatoms. The number of aryl methyl sites for hydroxylation is 1. The first-order valence-electron chi connectivity index (χ1n) is 4.49. The van der Waals surface area contributed by atoms with E-state index < -0.39 is 0 Å². The SMILES string of the molecule is C#C[C@H]1OCCc2cccc(C)c21. The van der Waals surface area contributed by atoms with Crippen LogP contribution in [0.15, 0.2) is 18.2 Å². The third kappa shape index (κ3) is 1.34. The van der Waals surface area contributed by atoms with E-state index in [1.807, 2.05) is 0 Å². The second-order valence-corrected chi connectivity index (χ2v) is 3.32. The van der Waals surface area contributed by atoms with Gasteiger partial charge in [0.1, 0.15) is 6.10 Å². The van der Waals surface area contributed by atoms with Crippen LogP contribution >= 0.6 is 0 Å². The summed E-state index contributed by atoms with van der Waals surface area (Å²) < 4.78 is 5.50. The van der Waals surface area contributed by atoms with E-state index in [1.54, 1.807) is 0 Å². The van der Waals surface area contributed by atoms with Gasteiger partial charge in [-0.15, -0.1) is 6.42 Å². The molecular weight excluding hydrogens is 160 g/mol. The van der Waals surface area contributed by atoms with Crippen molar-refractivity contribution in [3.05, 3.63) is 34.9 Å². The summed E-state index contributed by atoms with van der Waals surface area (Å²) in [5, 5.41) is 0. The van der Waals surface area contributed by atoms with Gasteiger partial charge in [-0.25, -0.2) is 0 Å². The molecule has 0 saturated heterocycles. The molecule has 1 aliphatic rings. The molecule has 0 radical (unpaired) electrons. The van der Waals surface area contributed by atoms with Crippen LogP contribution in [0.2, 0.25) is 0 Å². The zero-order valence-corrected chi connectivity index (χ0v) is 7.71. The molecule has 1 aromatic carbocycles. The largest absolute Gasteiger partial charge is 0.360 e. The normalized spacial score (nSPS) is 20.5. The van der Waals surface area contributed by atoms with Gasteiger partial charge in [-0.3, -0.25) is 0 Å². The zero-order chi connectivity index (χ0) is 9.26. The molecule has 1 atom stereocenters. The highest BCUT2D eigenvalue weighted by Crippen LogP contribution is 2.28. The van der Waals surface area contributed by atoms with Crippen LogP contribution in [0.4, 0.5) is 0 Å². The van der Waals surface area contributed by atoms with E-state index in [0.29, 0.717) is 0 Å². The van der Waals surface area contributed by atoms with Gasteiger partial charge in [0.2, 0.25) is 0 Å². The van der Waals surface area contributed by atoms with E-state index in [4.69, 9.17) is 11.2 Å². The first-order valence-corrected chi connectivity index (χ1v) is 4.49. The summed E-state index contributed by atoms with van der Waals surface area (Å²) >= 11 is 0. The summed E-state index contributed by atoms with van der Waals surface area (Å²) in [5.74, 6) is 2.68. The minimum atomic E-state index is -0.134. The van der Waals surface area contributed by atoms with Crippen molar-refractivity contribution < 1.29 is 4.74 Å². The Morgan fingerprint density at radius 1 is 1.54 bits per heavy atom. The molecule has 0 bridgehead atoms. The van der Waals surface area contributed by atoms with Crippen LogP contribution in [0.5, 0.6) is 0 Å². The van der Waals surface area contributed by atoms with E-state index in [-0.39, 0.29) is 6.10 Å². The highest BCUT2D eigenvalue weighted by molar-refractivity contribution is 5.40. The number of rotatable bonds is 0. The predicted octanol–water partition coefficient (Wildman–Crippen LogP) is 2.24. The minimum Gasteiger partial charge on any atom is -0.360 e. The van der Waals surface area contributed by atoms with Gasteiger partial charge in [-0.1, -0.05) is 24.1 Å². The lowest BCUT2D eigenvalue weighted by Gasteiger charge is -2.23. The van der Waals surface area contributed by atoms with E-state index >= 15 is 0 Å². The third-order valence-electron chi connectivity index (χ3n) is 2.48. The van der Waals surface area contributed by atoms with Crippen LogP contribution in [0, 0.1) is 19.3 Å². The lowest BCUT2D eigenvalue weighted by Crippen LogP contribution is -2.16. The summed E-state index contributed by atoms with van der Waals surface area (Å²) in [5.41, 5.74) is 3.78. The van der Waals surface area contributed by atoms with Crippen molar-refractivity contribution in [3.63, 3.8) is 0 Å². The van der Waals surface area contributed by atoms with E-state index in [2.05, 4.69) is 31.0 Å². The first-order chi connectivity index (χ1) is 6.33. The van der Waals surface area contributed by atoms with Crippen LogP contribution in [0.3, 0.4) is 0 Å². The van der Waals surface area contributed by atoms with E-state index in [9.17, 15) is 0 Å². The molecule has 1 aliphatic heterocycles. The Bertz CT molecular complexity index is 360. The summed E-state index contributed by atoms with van der Waals surface area (Å²) in [6.45, 7) is 2.82. The fraction of sp³-hybridized carbons (Fsp3) is 0.333. The summed E-state index contributed by atoms with van der Waals surface area (Å²) in [7, 11) is 0. The Kier molecular flexibility index (Phi) is 2.08. The maximum atomic E-state index is 5.50. The Morgan fingerprint density at radius 2 is 2.38 bits per heavy atom. The Balaban J connectivity index is 2.55. The van der Waals surface area contributed by atoms with Gasteiger partial charge in [-0.05, 0) is 30.0 Å². The fourth-order valence-corrected chi connectivity index (χ4v) is 1.84. The van der Waals surface area contributed by atoms with Crippen molar-refractivity contribution in [2.75, 3.05) is 6.61 Å². The number of hydrogen-bond acceptors (Lipinski definition) is 1. The molecule has 0 aliphatic carbocycles. The van der Waals surface area contributed by atoms with Gasteiger partial charge >= 0.3 is 0 Å². The Morgan fingerprint density at radius 3 is 3.15 bits per heavy atom. The number of terminal acetylenes is 1.